The number of aliphatic hydroxyl groups is 5. The Bertz CT molecular complexity index is 994. The molecule has 0 bridgehead atoms. The molecule has 0 aromatic rings. The van der Waals surface area contributed by atoms with Crippen molar-refractivity contribution < 1.29 is 39.8 Å². The maximum Gasteiger partial charge on any atom is 0.220 e. The van der Waals surface area contributed by atoms with Gasteiger partial charge in [-0.15, -0.1) is 0 Å². The molecule has 1 rings (SSSR count). The smallest absolute Gasteiger partial charge is 0.220 e. The summed E-state index contributed by atoms with van der Waals surface area (Å²) in [5.41, 5.74) is 0. The molecule has 7 atom stereocenters. The minimum absolute atomic E-state index is 0.226. The van der Waals surface area contributed by atoms with Crippen LogP contribution < -0.4 is 5.32 Å². The van der Waals surface area contributed by atoms with Gasteiger partial charge in [-0.25, -0.2) is 0 Å². The van der Waals surface area contributed by atoms with Crippen molar-refractivity contribution in [3.63, 3.8) is 0 Å². The molecule has 9 heteroatoms. The van der Waals surface area contributed by atoms with Gasteiger partial charge in [0.1, 0.15) is 24.4 Å². The summed E-state index contributed by atoms with van der Waals surface area (Å²) in [4.78, 5) is 12.8. The van der Waals surface area contributed by atoms with Crippen LogP contribution in [0.2, 0.25) is 0 Å². The van der Waals surface area contributed by atoms with Gasteiger partial charge in [-0.05, 0) is 64.2 Å². The number of hydrogen-bond acceptors (Lipinski definition) is 8. The summed E-state index contributed by atoms with van der Waals surface area (Å²) in [6.07, 6.45) is 35.6. The monoisotopic (exact) mass is 734 g/mol. The molecule has 9 nitrogen and oxygen atoms in total. The predicted molar refractivity (Wildman–Crippen MR) is 212 cm³/mol. The van der Waals surface area contributed by atoms with Gasteiger partial charge in [0, 0.05) is 6.42 Å². The fourth-order valence-corrected chi connectivity index (χ4v) is 5.94. The summed E-state index contributed by atoms with van der Waals surface area (Å²) in [7, 11) is 0. The third-order valence-electron chi connectivity index (χ3n) is 9.31. The van der Waals surface area contributed by atoms with Crippen LogP contribution in [0.15, 0.2) is 60.8 Å². The van der Waals surface area contributed by atoms with Crippen LogP contribution >= 0.6 is 0 Å². The molecule has 1 amide bonds. The zero-order chi connectivity index (χ0) is 38.1. The number of aliphatic hydroxyl groups excluding tert-OH is 5. The molecule has 1 fully saturated rings. The Balaban J connectivity index is 2.52. The van der Waals surface area contributed by atoms with Crippen LogP contribution in [0.1, 0.15) is 149 Å². The summed E-state index contributed by atoms with van der Waals surface area (Å²) >= 11 is 0. The number of hydrogen-bond donors (Lipinski definition) is 6. The second-order valence-corrected chi connectivity index (χ2v) is 14.1. The maximum atomic E-state index is 12.8. The number of nitrogens with one attached hydrogen (secondary N) is 1. The number of carbonyl (C=O) groups is 1. The van der Waals surface area contributed by atoms with E-state index < -0.39 is 49.5 Å². The SMILES string of the molecule is CCCCCCCC/C=C\C/C=C\CCC(=O)NC(COC1OC(CO)C(O)C(O)C1O)C(O)/C=C/CC/C=C/CC/C=C/CCCCCCCC. The van der Waals surface area contributed by atoms with E-state index in [0.29, 0.717) is 12.8 Å². The van der Waals surface area contributed by atoms with Gasteiger partial charge in [-0.3, -0.25) is 4.79 Å². The average molecular weight is 734 g/mol. The molecular formula is C43H75NO8. The van der Waals surface area contributed by atoms with Crippen LogP contribution in [0.25, 0.3) is 0 Å². The molecule has 1 heterocycles. The largest absolute Gasteiger partial charge is 0.394 e. The Kier molecular flexibility index (Phi) is 30.8. The number of unbranched alkanes of at least 4 members (excludes halogenated alkanes) is 14. The minimum atomic E-state index is -1.58. The number of rotatable bonds is 32. The van der Waals surface area contributed by atoms with Crippen LogP contribution in [-0.2, 0) is 14.3 Å². The first-order chi connectivity index (χ1) is 25.3. The van der Waals surface area contributed by atoms with Crippen molar-refractivity contribution in [3.05, 3.63) is 60.8 Å². The first-order valence-electron chi connectivity index (χ1n) is 20.5. The molecule has 52 heavy (non-hydrogen) atoms. The van der Waals surface area contributed by atoms with Gasteiger partial charge in [0.15, 0.2) is 6.29 Å². The van der Waals surface area contributed by atoms with E-state index in [4.69, 9.17) is 9.47 Å². The molecule has 300 valence electrons. The summed E-state index contributed by atoms with van der Waals surface area (Å²) in [6.45, 7) is 3.66. The van der Waals surface area contributed by atoms with Gasteiger partial charge in [-0.1, -0.05) is 139 Å². The Labute approximate surface area is 316 Å². The van der Waals surface area contributed by atoms with Crippen LogP contribution in [0.3, 0.4) is 0 Å². The van der Waals surface area contributed by atoms with Gasteiger partial charge in [0.05, 0.1) is 25.4 Å². The maximum absolute atomic E-state index is 12.8. The lowest BCUT2D eigenvalue weighted by Gasteiger charge is -2.40. The predicted octanol–water partition coefficient (Wildman–Crippen LogP) is 7.66. The lowest BCUT2D eigenvalue weighted by Crippen LogP contribution is -2.60. The fraction of sp³-hybridized carbons (Fsp3) is 0.744. The van der Waals surface area contributed by atoms with E-state index in [0.717, 1.165) is 38.5 Å². The molecule has 0 aromatic heterocycles. The molecule has 0 saturated carbocycles. The average Bonchev–Trinajstić information content (AvgIpc) is 3.14. The minimum Gasteiger partial charge on any atom is -0.394 e. The van der Waals surface area contributed by atoms with Crippen molar-refractivity contribution in [1.82, 2.24) is 5.32 Å². The van der Waals surface area contributed by atoms with E-state index in [-0.39, 0.29) is 18.9 Å². The normalized spacial score (nSPS) is 22.5. The molecule has 0 aromatic carbocycles. The quantitative estimate of drug-likeness (QED) is 0.0305. The van der Waals surface area contributed by atoms with E-state index >= 15 is 0 Å². The Morgan fingerprint density at radius 3 is 1.73 bits per heavy atom. The highest BCUT2D eigenvalue weighted by Gasteiger charge is 2.44. The highest BCUT2D eigenvalue weighted by Crippen LogP contribution is 2.22. The van der Waals surface area contributed by atoms with Gasteiger partial charge in [0.25, 0.3) is 0 Å². The van der Waals surface area contributed by atoms with Gasteiger partial charge >= 0.3 is 0 Å². The van der Waals surface area contributed by atoms with Crippen LogP contribution in [-0.4, -0.2) is 87.5 Å². The number of amides is 1. The highest BCUT2D eigenvalue weighted by atomic mass is 16.7. The summed E-state index contributed by atoms with van der Waals surface area (Å²) in [6, 6.07) is -0.858. The van der Waals surface area contributed by atoms with Crippen molar-refractivity contribution in [2.45, 2.75) is 192 Å². The number of carbonyl (C=O) groups excluding carboxylic acids is 1. The molecule has 1 aliphatic rings. The Hall–Kier alpha value is -2.11. The van der Waals surface area contributed by atoms with Gasteiger partial charge in [0.2, 0.25) is 5.91 Å². The molecule has 0 spiro atoms. The lowest BCUT2D eigenvalue weighted by atomic mass is 9.99. The first-order valence-corrected chi connectivity index (χ1v) is 20.5. The third-order valence-corrected chi connectivity index (χ3v) is 9.31. The van der Waals surface area contributed by atoms with Gasteiger partial charge < -0.3 is 40.3 Å². The topological polar surface area (TPSA) is 149 Å². The first kappa shape index (κ1) is 47.9. The van der Waals surface area contributed by atoms with Crippen molar-refractivity contribution in [3.8, 4) is 0 Å². The van der Waals surface area contributed by atoms with E-state index in [1.807, 2.05) is 18.2 Å². The van der Waals surface area contributed by atoms with Crippen molar-refractivity contribution in [1.29, 1.82) is 0 Å². The lowest BCUT2D eigenvalue weighted by molar-refractivity contribution is -0.302. The summed E-state index contributed by atoms with van der Waals surface area (Å²) in [5, 5.41) is 53.9. The highest BCUT2D eigenvalue weighted by molar-refractivity contribution is 5.76. The molecule has 7 unspecified atom stereocenters. The van der Waals surface area contributed by atoms with E-state index in [9.17, 15) is 30.3 Å². The molecule has 0 aliphatic carbocycles. The van der Waals surface area contributed by atoms with Crippen LogP contribution in [0.4, 0.5) is 0 Å². The van der Waals surface area contributed by atoms with E-state index in [2.05, 4.69) is 55.6 Å². The number of allylic oxidation sites excluding steroid dienone is 9. The summed E-state index contributed by atoms with van der Waals surface area (Å²) in [5.74, 6) is -0.262. The molecule has 1 aliphatic heterocycles. The molecular weight excluding hydrogens is 658 g/mol. The van der Waals surface area contributed by atoms with E-state index in [1.165, 1.54) is 77.0 Å². The second kappa shape index (κ2) is 33.5. The fourth-order valence-electron chi connectivity index (χ4n) is 5.94. The molecule has 6 N–H and O–H groups in total. The second-order valence-electron chi connectivity index (χ2n) is 14.1. The van der Waals surface area contributed by atoms with Gasteiger partial charge in [-0.2, -0.15) is 0 Å². The van der Waals surface area contributed by atoms with Crippen molar-refractivity contribution in [2.75, 3.05) is 13.2 Å². The molecule has 0 radical (unpaired) electrons. The van der Waals surface area contributed by atoms with Crippen LogP contribution in [0, 0.1) is 0 Å². The van der Waals surface area contributed by atoms with Crippen LogP contribution in [0.5, 0.6) is 0 Å². The van der Waals surface area contributed by atoms with Crippen molar-refractivity contribution >= 4 is 5.91 Å². The Morgan fingerprint density at radius 1 is 0.654 bits per heavy atom. The Morgan fingerprint density at radius 2 is 1.15 bits per heavy atom. The van der Waals surface area contributed by atoms with E-state index in [1.54, 1.807) is 6.08 Å². The molecule has 1 saturated heterocycles. The zero-order valence-corrected chi connectivity index (χ0v) is 32.5. The standard InChI is InChI=1S/C43H75NO8/c1-3-5-7-9-11-13-15-17-18-19-21-22-24-26-28-30-32-37(46)36(35-51-43-42(50)41(49)40(48)38(34-45)52-43)44-39(47)33-31-29-27-25-23-20-16-14-12-10-8-6-4-2/h17-18,20,22-24,27,29-30,32,36-38,40-43,45-46,48-50H,3-16,19,21,25-26,28,31,33-35H2,1-2H3,(H,44,47)/b18-17+,23-20-,24-22+,29-27-,32-30+. The third kappa shape index (κ3) is 24.3. The van der Waals surface area contributed by atoms with Crippen molar-refractivity contribution in [2.24, 2.45) is 0 Å². The zero-order valence-electron chi connectivity index (χ0n) is 32.5. The summed E-state index contributed by atoms with van der Waals surface area (Å²) < 4.78 is 11.1. The number of ether oxygens (including phenoxy) is 2.